The molecule has 1 amide bonds. The number of rotatable bonds is 4. The minimum absolute atomic E-state index is 0.366. The van der Waals surface area contributed by atoms with Gasteiger partial charge in [-0.05, 0) is 17.2 Å². The molecular formula is C20H14ClN3OS. The number of carbonyl (C=O) groups excluding carboxylic acids is 1. The highest BCUT2D eigenvalue weighted by Crippen LogP contribution is 2.42. The molecule has 2 unspecified atom stereocenters. The third-order valence-corrected chi connectivity index (χ3v) is 5.57. The van der Waals surface area contributed by atoms with E-state index in [-0.39, 0.29) is 0 Å². The summed E-state index contributed by atoms with van der Waals surface area (Å²) in [5.41, 5.74) is 2.06. The van der Waals surface area contributed by atoms with E-state index in [9.17, 15) is 15.3 Å². The number of carbonyl (C=O) groups is 1. The summed E-state index contributed by atoms with van der Waals surface area (Å²) >= 11 is 7.67. The molecule has 0 aliphatic carbocycles. The van der Waals surface area contributed by atoms with Gasteiger partial charge in [0, 0.05) is 16.7 Å². The number of nitriles is 2. The summed E-state index contributed by atoms with van der Waals surface area (Å²) in [4.78, 5) is 12.5. The van der Waals surface area contributed by atoms with Gasteiger partial charge in [0.15, 0.2) is 0 Å². The van der Waals surface area contributed by atoms with Crippen molar-refractivity contribution >= 4 is 29.3 Å². The fourth-order valence-corrected chi connectivity index (χ4v) is 4.13. The molecule has 6 heteroatoms. The summed E-state index contributed by atoms with van der Waals surface area (Å²) in [7, 11) is 0. The molecule has 0 spiro atoms. The summed E-state index contributed by atoms with van der Waals surface area (Å²) in [5, 5.41) is 22.9. The average molecular weight is 380 g/mol. The Morgan fingerprint density at radius 3 is 2.42 bits per heavy atom. The van der Waals surface area contributed by atoms with Crippen molar-refractivity contribution < 1.29 is 4.79 Å². The number of amides is 1. The van der Waals surface area contributed by atoms with Crippen LogP contribution in [0.2, 0.25) is 5.02 Å². The van der Waals surface area contributed by atoms with E-state index < -0.39 is 17.7 Å². The molecule has 2 aromatic carbocycles. The van der Waals surface area contributed by atoms with Crippen molar-refractivity contribution in [3.05, 3.63) is 81.3 Å². The van der Waals surface area contributed by atoms with E-state index in [1.165, 1.54) is 11.8 Å². The van der Waals surface area contributed by atoms with Gasteiger partial charge in [0.25, 0.3) is 0 Å². The number of benzene rings is 2. The molecule has 128 valence electrons. The molecule has 0 fully saturated rings. The summed E-state index contributed by atoms with van der Waals surface area (Å²) in [6.07, 6.45) is 0. The minimum atomic E-state index is -0.995. The number of nitrogens with one attached hydrogen (secondary N) is 1. The lowest BCUT2D eigenvalue weighted by molar-refractivity contribution is -0.123. The SMILES string of the molecule is N#CC1=C(SCc2ccccc2)NC(=O)C(C#N)C1c1ccccc1Cl. The van der Waals surface area contributed by atoms with Crippen molar-refractivity contribution in [1.82, 2.24) is 5.32 Å². The lowest BCUT2D eigenvalue weighted by atomic mass is 9.79. The first-order chi connectivity index (χ1) is 12.7. The molecule has 1 N–H and O–H groups in total. The first-order valence-corrected chi connectivity index (χ1v) is 9.28. The molecular weight excluding hydrogens is 366 g/mol. The lowest BCUT2D eigenvalue weighted by Gasteiger charge is -2.29. The molecule has 1 aliphatic rings. The van der Waals surface area contributed by atoms with Gasteiger partial charge in [-0.2, -0.15) is 10.5 Å². The zero-order valence-corrected chi connectivity index (χ0v) is 15.2. The first-order valence-electron chi connectivity index (χ1n) is 7.91. The average Bonchev–Trinajstić information content (AvgIpc) is 2.67. The van der Waals surface area contributed by atoms with Crippen LogP contribution in [0.1, 0.15) is 17.0 Å². The van der Waals surface area contributed by atoms with Crippen molar-refractivity contribution in [2.45, 2.75) is 11.7 Å². The number of allylic oxidation sites excluding steroid dienone is 1. The third kappa shape index (κ3) is 3.60. The normalized spacial score (nSPS) is 19.4. The predicted molar refractivity (Wildman–Crippen MR) is 102 cm³/mol. The maximum Gasteiger partial charge on any atom is 0.243 e. The van der Waals surface area contributed by atoms with E-state index in [2.05, 4.69) is 11.4 Å². The van der Waals surface area contributed by atoms with E-state index in [1.54, 1.807) is 24.3 Å². The number of nitrogens with zero attached hydrogens (tertiary/aromatic N) is 2. The molecule has 0 saturated heterocycles. The smallest absolute Gasteiger partial charge is 0.243 e. The quantitative estimate of drug-likeness (QED) is 0.856. The van der Waals surface area contributed by atoms with Crippen LogP contribution in [-0.4, -0.2) is 5.91 Å². The molecule has 0 bridgehead atoms. The van der Waals surface area contributed by atoms with Gasteiger partial charge < -0.3 is 5.32 Å². The fraction of sp³-hybridized carbons (Fsp3) is 0.150. The Bertz CT molecular complexity index is 944. The Kier molecular flexibility index (Phi) is 5.63. The zero-order chi connectivity index (χ0) is 18.5. The van der Waals surface area contributed by atoms with Gasteiger partial charge in [0.05, 0.1) is 22.7 Å². The Labute approximate surface area is 161 Å². The standard InChI is InChI=1S/C20H14ClN3OS/c21-17-9-5-4-8-14(17)18-15(10-22)19(25)24-20(16(18)11-23)26-12-13-6-2-1-3-7-13/h1-9,15,18H,12H2,(H,24,25). The highest BCUT2D eigenvalue weighted by molar-refractivity contribution is 8.02. The molecule has 26 heavy (non-hydrogen) atoms. The van der Waals surface area contributed by atoms with Gasteiger partial charge in [-0.15, -0.1) is 11.8 Å². The van der Waals surface area contributed by atoms with E-state index >= 15 is 0 Å². The summed E-state index contributed by atoms with van der Waals surface area (Å²) < 4.78 is 0. The molecule has 4 nitrogen and oxygen atoms in total. The van der Waals surface area contributed by atoms with Gasteiger partial charge in [-0.25, -0.2) is 0 Å². The number of hydrogen-bond donors (Lipinski definition) is 1. The highest BCUT2D eigenvalue weighted by Gasteiger charge is 2.40. The Morgan fingerprint density at radius 1 is 1.08 bits per heavy atom. The van der Waals surface area contributed by atoms with Gasteiger partial charge in [-0.3, -0.25) is 4.79 Å². The van der Waals surface area contributed by atoms with Crippen molar-refractivity contribution in [1.29, 1.82) is 10.5 Å². The van der Waals surface area contributed by atoms with Crippen LogP contribution in [0.25, 0.3) is 0 Å². The number of halogens is 1. The van der Waals surface area contributed by atoms with Crippen LogP contribution in [0, 0.1) is 28.6 Å². The van der Waals surface area contributed by atoms with E-state index in [1.807, 2.05) is 36.4 Å². The van der Waals surface area contributed by atoms with Gasteiger partial charge in [-0.1, -0.05) is 60.1 Å². The van der Waals surface area contributed by atoms with Crippen LogP contribution in [0.5, 0.6) is 0 Å². The van der Waals surface area contributed by atoms with Gasteiger partial charge in [0.1, 0.15) is 5.92 Å². The predicted octanol–water partition coefficient (Wildman–Crippen LogP) is 4.36. The van der Waals surface area contributed by atoms with Gasteiger partial charge in [0.2, 0.25) is 5.91 Å². The minimum Gasteiger partial charge on any atom is -0.319 e. The van der Waals surface area contributed by atoms with Crippen LogP contribution in [0.3, 0.4) is 0 Å². The summed E-state index contributed by atoms with van der Waals surface area (Å²) in [5.74, 6) is -1.47. The summed E-state index contributed by atoms with van der Waals surface area (Å²) in [6.45, 7) is 0. The van der Waals surface area contributed by atoms with E-state index in [4.69, 9.17) is 11.6 Å². The van der Waals surface area contributed by atoms with E-state index in [0.717, 1.165) is 5.56 Å². The maximum absolute atomic E-state index is 12.5. The molecule has 0 saturated carbocycles. The summed E-state index contributed by atoms with van der Waals surface area (Å²) in [6, 6.07) is 21.0. The van der Waals surface area contributed by atoms with Crippen molar-refractivity contribution in [2.75, 3.05) is 0 Å². The van der Waals surface area contributed by atoms with Gasteiger partial charge >= 0.3 is 0 Å². The van der Waals surface area contributed by atoms with E-state index in [0.29, 0.717) is 26.9 Å². The molecule has 2 atom stereocenters. The number of hydrogen-bond acceptors (Lipinski definition) is 4. The molecule has 1 aliphatic heterocycles. The first kappa shape index (κ1) is 18.1. The van der Waals surface area contributed by atoms with Crippen LogP contribution in [0.4, 0.5) is 0 Å². The van der Waals surface area contributed by atoms with Crippen molar-refractivity contribution in [3.8, 4) is 12.1 Å². The molecule has 0 aromatic heterocycles. The number of thioether (sulfide) groups is 1. The van der Waals surface area contributed by atoms with Crippen LogP contribution in [0.15, 0.2) is 65.2 Å². The van der Waals surface area contributed by atoms with Crippen LogP contribution in [-0.2, 0) is 10.5 Å². The Morgan fingerprint density at radius 2 is 1.77 bits per heavy atom. The second kappa shape index (κ2) is 8.10. The third-order valence-electron chi connectivity index (χ3n) is 4.13. The second-order valence-electron chi connectivity index (χ2n) is 5.72. The van der Waals surface area contributed by atoms with Crippen molar-refractivity contribution in [2.24, 2.45) is 5.92 Å². The highest BCUT2D eigenvalue weighted by atomic mass is 35.5. The topological polar surface area (TPSA) is 76.7 Å². The molecule has 3 rings (SSSR count). The monoisotopic (exact) mass is 379 g/mol. The maximum atomic E-state index is 12.5. The Balaban J connectivity index is 2.01. The zero-order valence-electron chi connectivity index (χ0n) is 13.6. The lowest BCUT2D eigenvalue weighted by Crippen LogP contribution is -2.38. The van der Waals surface area contributed by atoms with Crippen molar-refractivity contribution in [3.63, 3.8) is 0 Å². The van der Waals surface area contributed by atoms with Crippen LogP contribution >= 0.6 is 23.4 Å². The second-order valence-corrected chi connectivity index (χ2v) is 7.12. The van der Waals surface area contributed by atoms with Crippen LogP contribution < -0.4 is 5.32 Å². The molecule has 1 heterocycles. The fourth-order valence-electron chi connectivity index (χ4n) is 2.88. The Hall–Kier alpha value is -2.73. The molecule has 0 radical (unpaired) electrons. The molecule has 2 aromatic rings. The largest absolute Gasteiger partial charge is 0.319 e.